The van der Waals surface area contributed by atoms with Gasteiger partial charge in [0.05, 0.1) is 17.5 Å². The van der Waals surface area contributed by atoms with Crippen LogP contribution in [0.25, 0.3) is 0 Å². The molecule has 0 spiro atoms. The fraction of sp³-hybridized carbons (Fsp3) is 0.444. The second kappa shape index (κ2) is 12.9. The average Bonchev–Trinajstić information content (AvgIpc) is 3.69. The Morgan fingerprint density at radius 2 is 1.67 bits per heavy atom. The maximum absolute atomic E-state index is 15.0. The molecule has 1 N–H and O–H groups in total. The van der Waals surface area contributed by atoms with Gasteiger partial charge >= 0.3 is 0 Å². The molecule has 7 heteroatoms. The van der Waals surface area contributed by atoms with Crippen LogP contribution in [0.15, 0.2) is 66.7 Å². The number of hydrogen-bond acceptors (Lipinski definition) is 4. The lowest BCUT2D eigenvalue weighted by Crippen LogP contribution is -2.46. The van der Waals surface area contributed by atoms with Crippen LogP contribution in [-0.2, 0) is 11.3 Å². The third-order valence-corrected chi connectivity index (χ3v) is 9.49. The van der Waals surface area contributed by atoms with E-state index in [-0.39, 0.29) is 17.4 Å². The largest absolute Gasteiger partial charge is 0.371 e. The number of nitrogens with one attached hydrogen (secondary N) is 1. The Morgan fingerprint density at radius 1 is 0.907 bits per heavy atom. The van der Waals surface area contributed by atoms with Crippen molar-refractivity contribution >= 4 is 23.2 Å². The predicted octanol–water partition coefficient (Wildman–Crippen LogP) is 6.81. The highest BCUT2D eigenvalue weighted by Gasteiger charge is 2.40. The smallest absolute Gasteiger partial charge is 0.257 e. The van der Waals surface area contributed by atoms with Crippen molar-refractivity contribution in [1.82, 2.24) is 9.80 Å². The van der Waals surface area contributed by atoms with Gasteiger partial charge in [0.25, 0.3) is 5.91 Å². The molecule has 0 unspecified atom stereocenters. The van der Waals surface area contributed by atoms with Gasteiger partial charge in [-0.05, 0) is 99.0 Å². The molecule has 3 fully saturated rings. The van der Waals surface area contributed by atoms with Crippen molar-refractivity contribution in [3.05, 3.63) is 94.8 Å². The van der Waals surface area contributed by atoms with E-state index in [1.807, 2.05) is 18.2 Å². The summed E-state index contributed by atoms with van der Waals surface area (Å²) in [6.07, 6.45) is 4.97. The Labute approximate surface area is 254 Å². The number of rotatable bonds is 7. The Balaban J connectivity index is 1.29. The summed E-state index contributed by atoms with van der Waals surface area (Å²) in [5.41, 5.74) is 4.69. The predicted molar refractivity (Wildman–Crippen MR) is 170 cm³/mol. The van der Waals surface area contributed by atoms with E-state index in [2.05, 4.69) is 52.4 Å². The molecule has 3 aromatic carbocycles. The normalized spacial score (nSPS) is 22.6. The monoisotopic (exact) mass is 582 g/mol. The summed E-state index contributed by atoms with van der Waals surface area (Å²) in [4.78, 5) is 34.6. The SMILES string of the molecule is Cc1cccc(F)c1C(=O)N1CCC[C@H](C(=O)Nc2cccc(N3CC[C@H](C)C3)c2)[C@@H]1c1ccc(CN2CCCC2)cc1. The zero-order valence-corrected chi connectivity index (χ0v) is 25.4. The summed E-state index contributed by atoms with van der Waals surface area (Å²) >= 11 is 0. The Bertz CT molecular complexity index is 1430. The third-order valence-electron chi connectivity index (χ3n) is 9.49. The standard InChI is InChI=1S/C36H43FN4O2/c1-25-17-21-40(23-25)30-10-6-9-29(22-30)38-35(42)31-11-7-20-41(36(43)33-26(2)8-5-12-32(33)37)34(31)28-15-13-27(14-16-28)24-39-18-3-4-19-39/h5-6,8-10,12-16,22,25,31,34H,3-4,7,11,17-21,23-24H2,1-2H3,(H,38,42)/t25-,31-,34-/m0/s1. The topological polar surface area (TPSA) is 55.9 Å². The number of anilines is 2. The van der Waals surface area contributed by atoms with Crippen molar-refractivity contribution in [3.63, 3.8) is 0 Å². The van der Waals surface area contributed by atoms with E-state index >= 15 is 4.39 Å². The van der Waals surface area contributed by atoms with Crippen LogP contribution in [0.1, 0.15) is 72.1 Å². The molecule has 43 heavy (non-hydrogen) atoms. The summed E-state index contributed by atoms with van der Waals surface area (Å²) in [7, 11) is 0. The number of hydrogen-bond donors (Lipinski definition) is 1. The van der Waals surface area contributed by atoms with E-state index in [0.29, 0.717) is 30.9 Å². The quantitative estimate of drug-likeness (QED) is 0.333. The molecule has 0 aliphatic carbocycles. The second-order valence-electron chi connectivity index (χ2n) is 12.7. The third kappa shape index (κ3) is 6.47. The fourth-order valence-electron chi connectivity index (χ4n) is 7.16. The molecule has 0 bridgehead atoms. The molecular weight excluding hydrogens is 539 g/mol. The number of piperidine rings is 1. The van der Waals surface area contributed by atoms with Crippen molar-refractivity contribution in [3.8, 4) is 0 Å². The van der Waals surface area contributed by atoms with Crippen molar-refractivity contribution in [2.24, 2.45) is 11.8 Å². The molecule has 3 aliphatic rings. The Kier molecular flexibility index (Phi) is 8.80. The van der Waals surface area contributed by atoms with Crippen LogP contribution in [0.5, 0.6) is 0 Å². The second-order valence-corrected chi connectivity index (χ2v) is 12.7. The van der Waals surface area contributed by atoms with Crippen LogP contribution in [-0.4, -0.2) is 54.3 Å². The van der Waals surface area contributed by atoms with Gasteiger partial charge in [-0.25, -0.2) is 4.39 Å². The van der Waals surface area contributed by atoms with Gasteiger partial charge in [0.15, 0.2) is 0 Å². The van der Waals surface area contributed by atoms with Gasteiger partial charge in [-0.3, -0.25) is 14.5 Å². The highest BCUT2D eigenvalue weighted by molar-refractivity contribution is 5.98. The molecule has 3 saturated heterocycles. The minimum atomic E-state index is -0.524. The highest BCUT2D eigenvalue weighted by atomic mass is 19.1. The first-order valence-electron chi connectivity index (χ1n) is 15.9. The molecule has 6 nitrogen and oxygen atoms in total. The average molecular weight is 583 g/mol. The van der Waals surface area contributed by atoms with Crippen molar-refractivity contribution in [1.29, 1.82) is 0 Å². The molecule has 0 aromatic heterocycles. The van der Waals surface area contributed by atoms with E-state index < -0.39 is 17.8 Å². The Morgan fingerprint density at radius 3 is 2.40 bits per heavy atom. The first-order valence-corrected chi connectivity index (χ1v) is 15.9. The van der Waals surface area contributed by atoms with Gasteiger partial charge in [0.2, 0.25) is 5.91 Å². The first kappa shape index (κ1) is 29.4. The Hall–Kier alpha value is -3.71. The van der Waals surface area contributed by atoms with Crippen LogP contribution >= 0.6 is 0 Å². The minimum absolute atomic E-state index is 0.0896. The molecular formula is C36H43FN4O2. The lowest BCUT2D eigenvalue weighted by molar-refractivity contribution is -0.123. The molecule has 3 atom stereocenters. The fourth-order valence-corrected chi connectivity index (χ4v) is 7.16. The van der Waals surface area contributed by atoms with Gasteiger partial charge in [0, 0.05) is 37.6 Å². The lowest BCUT2D eigenvalue weighted by Gasteiger charge is -2.41. The first-order chi connectivity index (χ1) is 20.9. The van der Waals surface area contributed by atoms with Crippen LogP contribution in [0, 0.1) is 24.6 Å². The molecule has 3 heterocycles. The number of nitrogens with zero attached hydrogens (tertiary/aromatic N) is 3. The van der Waals surface area contributed by atoms with E-state index in [0.717, 1.165) is 49.7 Å². The van der Waals surface area contributed by atoms with Gasteiger partial charge in [0.1, 0.15) is 5.82 Å². The summed E-state index contributed by atoms with van der Waals surface area (Å²) < 4.78 is 15.0. The molecule has 2 amide bonds. The van der Waals surface area contributed by atoms with Gasteiger partial charge in [-0.15, -0.1) is 0 Å². The van der Waals surface area contributed by atoms with Gasteiger partial charge in [-0.1, -0.05) is 49.4 Å². The van der Waals surface area contributed by atoms with Crippen molar-refractivity contribution < 1.29 is 14.0 Å². The molecule has 0 radical (unpaired) electrons. The van der Waals surface area contributed by atoms with Crippen molar-refractivity contribution in [2.75, 3.05) is 42.9 Å². The molecule has 6 rings (SSSR count). The highest BCUT2D eigenvalue weighted by Crippen LogP contribution is 2.39. The summed E-state index contributed by atoms with van der Waals surface area (Å²) in [5.74, 6) is -0.802. The summed E-state index contributed by atoms with van der Waals surface area (Å²) in [5, 5.41) is 3.18. The number of likely N-dealkylation sites (tertiary alicyclic amines) is 2. The maximum Gasteiger partial charge on any atom is 0.257 e. The maximum atomic E-state index is 15.0. The van der Waals surface area contributed by atoms with Crippen LogP contribution < -0.4 is 10.2 Å². The van der Waals surface area contributed by atoms with Gasteiger partial charge < -0.3 is 15.1 Å². The van der Waals surface area contributed by atoms with Crippen LogP contribution in [0.2, 0.25) is 0 Å². The summed E-state index contributed by atoms with van der Waals surface area (Å²) in [6, 6.07) is 20.7. The molecule has 226 valence electrons. The van der Waals surface area contributed by atoms with E-state index in [9.17, 15) is 9.59 Å². The van der Waals surface area contributed by atoms with E-state index in [1.54, 1.807) is 24.0 Å². The lowest BCUT2D eigenvalue weighted by atomic mass is 9.83. The number of carbonyl (C=O) groups is 2. The minimum Gasteiger partial charge on any atom is -0.371 e. The number of amides is 2. The number of benzene rings is 3. The van der Waals surface area contributed by atoms with Crippen molar-refractivity contribution in [2.45, 2.75) is 58.5 Å². The zero-order valence-electron chi connectivity index (χ0n) is 25.4. The number of aryl methyl sites for hydroxylation is 1. The zero-order chi connectivity index (χ0) is 29.9. The van der Waals surface area contributed by atoms with Crippen LogP contribution in [0.4, 0.5) is 15.8 Å². The molecule has 3 aliphatic heterocycles. The van der Waals surface area contributed by atoms with Crippen LogP contribution in [0.3, 0.4) is 0 Å². The number of carbonyl (C=O) groups excluding carboxylic acids is 2. The summed E-state index contributed by atoms with van der Waals surface area (Å²) in [6.45, 7) is 9.68. The van der Waals surface area contributed by atoms with Gasteiger partial charge in [-0.2, -0.15) is 0 Å². The van der Waals surface area contributed by atoms with E-state index in [1.165, 1.54) is 30.9 Å². The molecule has 3 aromatic rings. The number of halogens is 1. The van der Waals surface area contributed by atoms with E-state index in [4.69, 9.17) is 0 Å². The molecule has 0 saturated carbocycles.